The largest absolute Gasteiger partial charge is 0.313 e. The number of halogens is 2. The minimum Gasteiger partial charge on any atom is -0.313 e. The highest BCUT2D eigenvalue weighted by Crippen LogP contribution is 2.61. The summed E-state index contributed by atoms with van der Waals surface area (Å²) in [7, 11) is 0. The third-order valence-electron chi connectivity index (χ3n) is 5.38. The Morgan fingerprint density at radius 1 is 1.25 bits per heavy atom. The predicted molar refractivity (Wildman–Crippen MR) is 82.1 cm³/mol. The van der Waals surface area contributed by atoms with Crippen molar-refractivity contribution in [3.05, 3.63) is 34.1 Å². The van der Waals surface area contributed by atoms with Gasteiger partial charge in [0.2, 0.25) is 0 Å². The Hall–Kier alpha value is -0.410. The zero-order valence-electron chi connectivity index (χ0n) is 11.7. The first kappa shape index (κ1) is 13.3. The van der Waals surface area contributed by atoms with Crippen LogP contribution in [0.3, 0.4) is 0 Å². The number of rotatable bonds is 5. The second kappa shape index (κ2) is 4.81. The molecule has 3 heteroatoms. The van der Waals surface area contributed by atoms with Crippen molar-refractivity contribution < 1.29 is 4.39 Å². The molecule has 3 aliphatic carbocycles. The monoisotopic (exact) mass is 337 g/mol. The summed E-state index contributed by atoms with van der Waals surface area (Å²) in [5.74, 6) is 1.81. The van der Waals surface area contributed by atoms with Crippen molar-refractivity contribution >= 4 is 15.9 Å². The zero-order chi connectivity index (χ0) is 13.7. The Balaban J connectivity index is 1.53. The second-order valence-corrected chi connectivity index (χ2v) is 8.09. The fourth-order valence-electron chi connectivity index (χ4n) is 4.09. The van der Waals surface area contributed by atoms with E-state index in [4.69, 9.17) is 0 Å². The number of benzene rings is 1. The van der Waals surface area contributed by atoms with Gasteiger partial charge >= 0.3 is 0 Å². The van der Waals surface area contributed by atoms with E-state index in [1.807, 2.05) is 6.07 Å². The van der Waals surface area contributed by atoms with Crippen molar-refractivity contribution in [2.75, 3.05) is 6.54 Å². The lowest BCUT2D eigenvalue weighted by Gasteiger charge is -2.32. The van der Waals surface area contributed by atoms with Gasteiger partial charge in [-0.1, -0.05) is 15.9 Å². The van der Waals surface area contributed by atoms with Gasteiger partial charge in [-0.25, -0.2) is 4.39 Å². The minimum absolute atomic E-state index is 0.114. The summed E-state index contributed by atoms with van der Waals surface area (Å²) in [6.45, 7) is 1.12. The standard InChI is InChI=1S/C17H21BrFN/c18-16-4-1-14(19)6-13(16)9-17(10-20-15-2-3-15)7-11-5-12(11)8-17/h1,4,6,11-12,15,20H,2-3,5,7-10H2. The summed E-state index contributed by atoms with van der Waals surface area (Å²) in [5, 5.41) is 3.73. The van der Waals surface area contributed by atoms with Gasteiger partial charge in [-0.15, -0.1) is 0 Å². The molecule has 0 amide bonds. The lowest BCUT2D eigenvalue weighted by Crippen LogP contribution is -2.36. The molecule has 4 rings (SSSR count). The van der Waals surface area contributed by atoms with Crippen LogP contribution in [0.2, 0.25) is 0 Å². The summed E-state index contributed by atoms with van der Waals surface area (Å²) in [6.07, 6.45) is 7.80. The number of hydrogen-bond acceptors (Lipinski definition) is 1. The molecule has 0 radical (unpaired) electrons. The molecule has 1 aromatic carbocycles. The molecule has 1 aromatic rings. The Morgan fingerprint density at radius 2 is 2.00 bits per heavy atom. The van der Waals surface area contributed by atoms with Crippen LogP contribution in [0.25, 0.3) is 0 Å². The van der Waals surface area contributed by atoms with Gasteiger partial charge in [0.25, 0.3) is 0 Å². The lowest BCUT2D eigenvalue weighted by atomic mass is 9.77. The maximum Gasteiger partial charge on any atom is 0.123 e. The molecule has 0 heterocycles. The van der Waals surface area contributed by atoms with Crippen molar-refractivity contribution in [3.8, 4) is 0 Å². The van der Waals surface area contributed by atoms with E-state index in [-0.39, 0.29) is 5.82 Å². The third kappa shape index (κ3) is 2.67. The summed E-state index contributed by atoms with van der Waals surface area (Å²) in [4.78, 5) is 0. The average molecular weight is 338 g/mol. The second-order valence-electron chi connectivity index (χ2n) is 7.23. The van der Waals surface area contributed by atoms with Crippen LogP contribution in [0.15, 0.2) is 22.7 Å². The van der Waals surface area contributed by atoms with Gasteiger partial charge in [0.05, 0.1) is 0 Å². The van der Waals surface area contributed by atoms with Crippen LogP contribution in [0.5, 0.6) is 0 Å². The van der Waals surface area contributed by atoms with Gasteiger partial charge in [-0.05, 0) is 79.5 Å². The predicted octanol–water partition coefficient (Wildman–Crippen LogP) is 4.30. The highest BCUT2D eigenvalue weighted by Gasteiger charge is 2.53. The molecule has 0 aliphatic heterocycles. The third-order valence-corrected chi connectivity index (χ3v) is 6.15. The maximum absolute atomic E-state index is 13.5. The molecule has 0 spiro atoms. The number of fused-ring (bicyclic) bond motifs is 1. The van der Waals surface area contributed by atoms with Gasteiger partial charge in [0, 0.05) is 17.1 Å². The van der Waals surface area contributed by atoms with E-state index >= 15 is 0 Å². The van der Waals surface area contributed by atoms with E-state index in [9.17, 15) is 4.39 Å². The van der Waals surface area contributed by atoms with Gasteiger partial charge in [-0.2, -0.15) is 0 Å². The van der Waals surface area contributed by atoms with E-state index in [2.05, 4.69) is 21.2 Å². The quantitative estimate of drug-likeness (QED) is 0.844. The normalized spacial score (nSPS) is 35.1. The Morgan fingerprint density at radius 3 is 2.70 bits per heavy atom. The zero-order valence-corrected chi connectivity index (χ0v) is 13.3. The number of nitrogens with one attached hydrogen (secondary N) is 1. The Bertz CT molecular complexity index is 516. The molecule has 3 aliphatic rings. The van der Waals surface area contributed by atoms with Crippen LogP contribution in [0.4, 0.5) is 4.39 Å². The minimum atomic E-state index is -0.114. The molecule has 0 bridgehead atoms. The first-order chi connectivity index (χ1) is 9.63. The van der Waals surface area contributed by atoms with Crippen molar-refractivity contribution in [1.82, 2.24) is 5.32 Å². The summed E-state index contributed by atoms with van der Waals surface area (Å²) < 4.78 is 14.6. The molecule has 3 fully saturated rings. The van der Waals surface area contributed by atoms with E-state index in [1.165, 1.54) is 38.2 Å². The van der Waals surface area contributed by atoms with Crippen LogP contribution in [-0.2, 0) is 6.42 Å². The maximum atomic E-state index is 13.5. The Kier molecular flexibility index (Phi) is 3.19. The summed E-state index contributed by atoms with van der Waals surface area (Å²) >= 11 is 3.59. The van der Waals surface area contributed by atoms with Gasteiger partial charge in [-0.3, -0.25) is 0 Å². The molecule has 2 atom stereocenters. The Labute approximate surface area is 128 Å². The van der Waals surface area contributed by atoms with E-state index in [1.54, 1.807) is 6.07 Å². The molecule has 0 saturated heterocycles. The van der Waals surface area contributed by atoms with Gasteiger partial charge in [0.1, 0.15) is 5.82 Å². The van der Waals surface area contributed by atoms with Crippen molar-refractivity contribution in [1.29, 1.82) is 0 Å². The highest BCUT2D eigenvalue weighted by atomic mass is 79.9. The van der Waals surface area contributed by atoms with Crippen LogP contribution >= 0.6 is 15.9 Å². The van der Waals surface area contributed by atoms with Gasteiger partial charge < -0.3 is 5.32 Å². The SMILES string of the molecule is Fc1ccc(Br)c(CC2(CNC3CC3)CC3CC3C2)c1. The molecule has 2 unspecified atom stereocenters. The fourth-order valence-corrected chi connectivity index (χ4v) is 4.48. The molecule has 0 aromatic heterocycles. The molecular formula is C17H21BrFN. The van der Waals surface area contributed by atoms with Crippen LogP contribution < -0.4 is 5.32 Å². The van der Waals surface area contributed by atoms with E-state index < -0.39 is 0 Å². The van der Waals surface area contributed by atoms with E-state index in [0.29, 0.717) is 5.41 Å². The topological polar surface area (TPSA) is 12.0 Å². The van der Waals surface area contributed by atoms with Crippen LogP contribution in [-0.4, -0.2) is 12.6 Å². The molecule has 108 valence electrons. The van der Waals surface area contributed by atoms with E-state index in [0.717, 1.165) is 40.9 Å². The molecule has 3 saturated carbocycles. The molecular weight excluding hydrogens is 317 g/mol. The van der Waals surface area contributed by atoms with Crippen molar-refractivity contribution in [2.24, 2.45) is 17.3 Å². The van der Waals surface area contributed by atoms with Crippen LogP contribution in [0, 0.1) is 23.1 Å². The highest BCUT2D eigenvalue weighted by molar-refractivity contribution is 9.10. The summed E-state index contributed by atoms with van der Waals surface area (Å²) in [5.41, 5.74) is 1.51. The first-order valence-electron chi connectivity index (χ1n) is 7.81. The number of hydrogen-bond donors (Lipinski definition) is 1. The summed E-state index contributed by atoms with van der Waals surface area (Å²) in [6, 6.07) is 5.86. The average Bonchev–Trinajstić information content (AvgIpc) is 3.33. The van der Waals surface area contributed by atoms with Crippen LogP contribution in [0.1, 0.15) is 37.7 Å². The molecule has 1 N–H and O–H groups in total. The van der Waals surface area contributed by atoms with Crippen molar-refractivity contribution in [2.45, 2.75) is 44.6 Å². The smallest absolute Gasteiger partial charge is 0.123 e. The first-order valence-corrected chi connectivity index (χ1v) is 8.60. The fraction of sp³-hybridized carbons (Fsp3) is 0.647. The van der Waals surface area contributed by atoms with Crippen molar-refractivity contribution in [3.63, 3.8) is 0 Å². The van der Waals surface area contributed by atoms with Gasteiger partial charge in [0.15, 0.2) is 0 Å². The lowest BCUT2D eigenvalue weighted by molar-refractivity contribution is 0.247. The molecule has 20 heavy (non-hydrogen) atoms. The molecule has 1 nitrogen and oxygen atoms in total.